The molecule has 0 radical (unpaired) electrons. The van der Waals surface area contributed by atoms with Gasteiger partial charge in [-0.1, -0.05) is 0 Å². The van der Waals surface area contributed by atoms with E-state index in [4.69, 9.17) is 0 Å². The number of rotatable bonds is 1. The molecule has 3 heteroatoms. The van der Waals surface area contributed by atoms with Crippen molar-refractivity contribution >= 4 is 6.29 Å². The van der Waals surface area contributed by atoms with Gasteiger partial charge in [-0.15, -0.1) is 0 Å². The molecule has 3 nitrogen and oxygen atoms in total. The Kier molecular flexibility index (Phi) is 2.08. The molecular formula is C10H12N2O. The van der Waals surface area contributed by atoms with Crippen LogP contribution in [0.25, 0.3) is 0 Å². The van der Waals surface area contributed by atoms with Crippen LogP contribution in [-0.2, 0) is 11.2 Å². The number of aryl methyl sites for hydroxylation is 2. The molecule has 0 aromatic carbocycles. The molecule has 1 aromatic rings. The highest BCUT2D eigenvalue weighted by Gasteiger charge is 2.21. The minimum absolute atomic E-state index is 0.00505. The summed E-state index contributed by atoms with van der Waals surface area (Å²) in [6.07, 6.45) is 5.88. The smallest absolute Gasteiger partial charge is 0.129 e. The van der Waals surface area contributed by atoms with Gasteiger partial charge in [-0.05, 0) is 31.7 Å². The molecule has 1 unspecified atom stereocenters. The number of hydrogen-bond acceptors (Lipinski definition) is 3. The molecular weight excluding hydrogens is 164 g/mol. The molecule has 68 valence electrons. The maximum absolute atomic E-state index is 10.8. The first-order valence-electron chi connectivity index (χ1n) is 4.59. The fourth-order valence-electron chi connectivity index (χ4n) is 1.81. The number of aldehydes is 1. The lowest BCUT2D eigenvalue weighted by molar-refractivity contribution is -0.109. The highest BCUT2D eigenvalue weighted by molar-refractivity contribution is 5.62. The van der Waals surface area contributed by atoms with Crippen molar-refractivity contribution in [2.24, 2.45) is 0 Å². The number of carbonyl (C=O) groups excluding carboxylic acids is 1. The fraction of sp³-hybridized carbons (Fsp3) is 0.500. The lowest BCUT2D eigenvalue weighted by Crippen LogP contribution is -2.14. The van der Waals surface area contributed by atoms with Crippen LogP contribution >= 0.6 is 0 Å². The van der Waals surface area contributed by atoms with Gasteiger partial charge in [-0.25, -0.2) is 9.97 Å². The first-order valence-corrected chi connectivity index (χ1v) is 4.59. The van der Waals surface area contributed by atoms with Crippen LogP contribution in [0.2, 0.25) is 0 Å². The molecule has 1 aromatic heterocycles. The minimum Gasteiger partial charge on any atom is -0.303 e. The highest BCUT2D eigenvalue weighted by atomic mass is 16.1. The summed E-state index contributed by atoms with van der Waals surface area (Å²) >= 11 is 0. The molecule has 1 atom stereocenters. The van der Waals surface area contributed by atoms with Crippen molar-refractivity contribution in [3.05, 3.63) is 23.3 Å². The molecule has 2 rings (SSSR count). The number of aromatic nitrogens is 2. The van der Waals surface area contributed by atoms with E-state index in [-0.39, 0.29) is 5.92 Å². The average molecular weight is 176 g/mol. The highest BCUT2D eigenvalue weighted by Crippen LogP contribution is 2.27. The van der Waals surface area contributed by atoms with Crippen molar-refractivity contribution in [2.45, 2.75) is 32.1 Å². The molecule has 0 amide bonds. The number of carbonyl (C=O) groups is 1. The minimum atomic E-state index is 0.00505. The molecule has 0 saturated carbocycles. The first kappa shape index (κ1) is 8.35. The van der Waals surface area contributed by atoms with Crippen LogP contribution < -0.4 is 0 Å². The van der Waals surface area contributed by atoms with E-state index >= 15 is 0 Å². The van der Waals surface area contributed by atoms with Gasteiger partial charge in [0.1, 0.15) is 12.1 Å². The van der Waals surface area contributed by atoms with Crippen LogP contribution in [0.4, 0.5) is 0 Å². The van der Waals surface area contributed by atoms with E-state index in [0.717, 1.165) is 42.6 Å². The maximum atomic E-state index is 10.8. The standard InChI is InChI=1S/C10H12N2O/c1-7-11-5-8-3-2-4-9(6-13)10(8)12-7/h5-6,9H,2-4H2,1H3. The van der Waals surface area contributed by atoms with Crippen molar-refractivity contribution in [1.82, 2.24) is 9.97 Å². The molecule has 0 spiro atoms. The Balaban J connectivity index is 2.47. The van der Waals surface area contributed by atoms with Crippen LogP contribution in [-0.4, -0.2) is 16.3 Å². The summed E-state index contributed by atoms with van der Waals surface area (Å²) < 4.78 is 0. The van der Waals surface area contributed by atoms with E-state index in [0.29, 0.717) is 0 Å². The molecule has 0 fully saturated rings. The zero-order valence-electron chi connectivity index (χ0n) is 7.66. The molecule has 0 aliphatic heterocycles. The predicted molar refractivity (Wildman–Crippen MR) is 48.5 cm³/mol. The van der Waals surface area contributed by atoms with E-state index in [1.54, 1.807) is 0 Å². The number of hydrogen-bond donors (Lipinski definition) is 0. The second-order valence-corrected chi connectivity index (χ2v) is 3.46. The zero-order chi connectivity index (χ0) is 9.26. The van der Waals surface area contributed by atoms with Crippen LogP contribution in [0, 0.1) is 6.92 Å². The molecule has 13 heavy (non-hydrogen) atoms. The zero-order valence-corrected chi connectivity index (χ0v) is 7.66. The van der Waals surface area contributed by atoms with Crippen LogP contribution in [0.15, 0.2) is 6.20 Å². The summed E-state index contributed by atoms with van der Waals surface area (Å²) in [7, 11) is 0. The van der Waals surface area contributed by atoms with Gasteiger partial charge < -0.3 is 4.79 Å². The van der Waals surface area contributed by atoms with E-state index in [9.17, 15) is 4.79 Å². The van der Waals surface area contributed by atoms with E-state index in [2.05, 4.69) is 9.97 Å². The largest absolute Gasteiger partial charge is 0.303 e. The van der Waals surface area contributed by atoms with Gasteiger partial charge in [-0.3, -0.25) is 0 Å². The van der Waals surface area contributed by atoms with E-state index in [1.165, 1.54) is 0 Å². The third-order valence-corrected chi connectivity index (χ3v) is 2.50. The van der Waals surface area contributed by atoms with E-state index in [1.807, 2.05) is 13.1 Å². The maximum Gasteiger partial charge on any atom is 0.129 e. The predicted octanol–water partition coefficient (Wildman–Crippen LogP) is 1.40. The Hall–Kier alpha value is -1.25. The molecule has 1 aliphatic rings. The van der Waals surface area contributed by atoms with Crippen molar-refractivity contribution in [1.29, 1.82) is 0 Å². The van der Waals surface area contributed by atoms with Crippen LogP contribution in [0.5, 0.6) is 0 Å². The Morgan fingerprint density at radius 3 is 3.23 bits per heavy atom. The third kappa shape index (κ3) is 1.46. The monoisotopic (exact) mass is 176 g/mol. The normalized spacial score (nSPS) is 20.8. The SMILES string of the molecule is Cc1ncc2c(n1)C(C=O)CCC2. The number of nitrogens with zero attached hydrogens (tertiary/aromatic N) is 2. The molecule has 0 bridgehead atoms. The van der Waals surface area contributed by atoms with Crippen molar-refractivity contribution < 1.29 is 4.79 Å². The van der Waals surface area contributed by atoms with Crippen molar-refractivity contribution in [3.8, 4) is 0 Å². The molecule has 0 N–H and O–H groups in total. The summed E-state index contributed by atoms with van der Waals surface area (Å²) in [5, 5.41) is 0. The van der Waals surface area contributed by atoms with Gasteiger partial charge in [0, 0.05) is 6.20 Å². The Morgan fingerprint density at radius 2 is 2.46 bits per heavy atom. The van der Waals surface area contributed by atoms with Gasteiger partial charge in [0.25, 0.3) is 0 Å². The second kappa shape index (κ2) is 3.24. The second-order valence-electron chi connectivity index (χ2n) is 3.46. The Bertz CT molecular complexity index is 336. The lowest BCUT2D eigenvalue weighted by Gasteiger charge is -2.19. The molecule has 1 heterocycles. The molecule has 0 saturated heterocycles. The topological polar surface area (TPSA) is 42.9 Å². The van der Waals surface area contributed by atoms with Crippen LogP contribution in [0.3, 0.4) is 0 Å². The van der Waals surface area contributed by atoms with Crippen LogP contribution in [0.1, 0.15) is 35.8 Å². The summed E-state index contributed by atoms with van der Waals surface area (Å²) in [6.45, 7) is 1.86. The molecule has 1 aliphatic carbocycles. The van der Waals surface area contributed by atoms with Crippen molar-refractivity contribution in [2.75, 3.05) is 0 Å². The summed E-state index contributed by atoms with van der Waals surface area (Å²) in [4.78, 5) is 19.2. The Labute approximate surface area is 77.2 Å². The van der Waals surface area contributed by atoms with Gasteiger partial charge in [0.15, 0.2) is 0 Å². The average Bonchev–Trinajstić information content (AvgIpc) is 2.17. The van der Waals surface area contributed by atoms with Gasteiger partial charge in [-0.2, -0.15) is 0 Å². The quantitative estimate of drug-likeness (QED) is 0.607. The van der Waals surface area contributed by atoms with Gasteiger partial charge >= 0.3 is 0 Å². The van der Waals surface area contributed by atoms with Gasteiger partial charge in [0.05, 0.1) is 11.6 Å². The van der Waals surface area contributed by atoms with E-state index < -0.39 is 0 Å². The first-order chi connectivity index (χ1) is 6.31. The Morgan fingerprint density at radius 1 is 1.62 bits per heavy atom. The summed E-state index contributed by atoms with van der Waals surface area (Å²) in [5.41, 5.74) is 2.10. The lowest BCUT2D eigenvalue weighted by atomic mass is 9.88. The summed E-state index contributed by atoms with van der Waals surface area (Å²) in [6, 6.07) is 0. The van der Waals surface area contributed by atoms with Gasteiger partial charge in [0.2, 0.25) is 0 Å². The summed E-state index contributed by atoms with van der Waals surface area (Å²) in [5.74, 6) is 0.762. The fourth-order valence-corrected chi connectivity index (χ4v) is 1.81. The number of fused-ring (bicyclic) bond motifs is 1. The third-order valence-electron chi connectivity index (χ3n) is 2.50. The van der Waals surface area contributed by atoms with Crippen molar-refractivity contribution in [3.63, 3.8) is 0 Å².